The molecule has 5 nitrogen and oxygen atoms in total. The summed E-state index contributed by atoms with van der Waals surface area (Å²) in [6, 6.07) is 8.23. The molecule has 2 aromatic heterocycles. The topological polar surface area (TPSA) is 68.0 Å². The fourth-order valence-corrected chi connectivity index (χ4v) is 2.23. The number of benzene rings is 1. The maximum atomic E-state index is 9.37. The van der Waals surface area contributed by atoms with Crippen LogP contribution in [0, 0.1) is 5.92 Å². The number of nitrogens with zero attached hydrogens (tertiary/aromatic N) is 3. The number of rotatable bonds is 3. The number of hydrogen-bond donors (Lipinski definition) is 1. The molecule has 0 aliphatic rings. The summed E-state index contributed by atoms with van der Waals surface area (Å²) in [5.41, 5.74) is 3.21. The van der Waals surface area contributed by atoms with Crippen molar-refractivity contribution in [2.75, 3.05) is 0 Å². The molecule has 3 aromatic rings. The zero-order valence-corrected chi connectivity index (χ0v) is 13.2. The molecule has 116 valence electrons. The number of carboxylic acid groups (broad SMARTS) is 1. The average Bonchev–Trinajstić information content (AvgIpc) is 2.90. The third-order valence-electron chi connectivity index (χ3n) is 3.22. The zero-order chi connectivity index (χ0) is 16.1. The van der Waals surface area contributed by atoms with Crippen molar-refractivity contribution in [3.8, 4) is 0 Å². The molecule has 0 spiro atoms. The van der Waals surface area contributed by atoms with Gasteiger partial charge in [-0.15, -0.1) is 0 Å². The Labute approximate surface area is 129 Å². The quantitative estimate of drug-likeness (QED) is 0.800. The van der Waals surface area contributed by atoms with Gasteiger partial charge in [0, 0.05) is 18.4 Å². The first-order valence-corrected chi connectivity index (χ1v) is 7.43. The molecular weight excluding hydrogens is 278 g/mol. The van der Waals surface area contributed by atoms with Crippen molar-refractivity contribution in [1.82, 2.24) is 14.5 Å². The maximum absolute atomic E-state index is 9.37. The van der Waals surface area contributed by atoms with Crippen LogP contribution in [0.1, 0.15) is 27.2 Å². The number of imidazole rings is 1. The van der Waals surface area contributed by atoms with Gasteiger partial charge in [-0.2, -0.15) is 0 Å². The number of aliphatic carboxylic acids is 1. The molecule has 0 atom stereocenters. The van der Waals surface area contributed by atoms with Crippen molar-refractivity contribution in [3.63, 3.8) is 0 Å². The van der Waals surface area contributed by atoms with Gasteiger partial charge >= 0.3 is 5.97 Å². The largest absolute Gasteiger partial charge is 0.481 e. The van der Waals surface area contributed by atoms with Crippen LogP contribution in [-0.4, -0.2) is 25.6 Å². The van der Waals surface area contributed by atoms with Crippen molar-refractivity contribution in [3.05, 3.63) is 36.8 Å². The van der Waals surface area contributed by atoms with Gasteiger partial charge in [-0.05, 0) is 12.0 Å². The lowest BCUT2D eigenvalue weighted by molar-refractivity contribution is -0.136. The SMILES string of the molecule is CC(C)Cn1cnc2cnc3ccccc3c21.CCC(=O)O. The highest BCUT2D eigenvalue weighted by Crippen LogP contribution is 2.23. The summed E-state index contributed by atoms with van der Waals surface area (Å²) in [6.45, 7) is 7.03. The number of carbonyl (C=O) groups is 1. The minimum Gasteiger partial charge on any atom is -0.481 e. The molecule has 0 bridgehead atoms. The summed E-state index contributed by atoms with van der Waals surface area (Å²) >= 11 is 0. The van der Waals surface area contributed by atoms with Gasteiger partial charge < -0.3 is 9.67 Å². The van der Waals surface area contributed by atoms with E-state index in [4.69, 9.17) is 5.11 Å². The van der Waals surface area contributed by atoms with Gasteiger partial charge in [-0.3, -0.25) is 9.78 Å². The van der Waals surface area contributed by atoms with Crippen LogP contribution in [0.15, 0.2) is 36.8 Å². The number of para-hydroxylation sites is 1. The van der Waals surface area contributed by atoms with Crippen LogP contribution in [0.5, 0.6) is 0 Å². The van der Waals surface area contributed by atoms with E-state index < -0.39 is 5.97 Å². The second-order valence-electron chi connectivity index (χ2n) is 5.55. The number of pyridine rings is 1. The van der Waals surface area contributed by atoms with E-state index in [0.29, 0.717) is 5.92 Å². The van der Waals surface area contributed by atoms with Crippen LogP contribution >= 0.6 is 0 Å². The van der Waals surface area contributed by atoms with Gasteiger partial charge in [0.25, 0.3) is 0 Å². The average molecular weight is 299 g/mol. The summed E-state index contributed by atoms with van der Waals surface area (Å²) in [4.78, 5) is 18.2. The molecule has 2 heterocycles. The summed E-state index contributed by atoms with van der Waals surface area (Å²) in [5, 5.41) is 8.91. The Balaban J connectivity index is 0.000000309. The van der Waals surface area contributed by atoms with E-state index in [-0.39, 0.29) is 6.42 Å². The van der Waals surface area contributed by atoms with Crippen molar-refractivity contribution >= 4 is 27.9 Å². The van der Waals surface area contributed by atoms with Gasteiger partial charge in [0.1, 0.15) is 5.52 Å². The molecule has 22 heavy (non-hydrogen) atoms. The second-order valence-corrected chi connectivity index (χ2v) is 5.55. The monoisotopic (exact) mass is 299 g/mol. The molecule has 0 aliphatic heterocycles. The van der Waals surface area contributed by atoms with Crippen LogP contribution in [-0.2, 0) is 11.3 Å². The Hall–Kier alpha value is -2.43. The molecule has 0 radical (unpaired) electrons. The minimum atomic E-state index is -0.745. The molecule has 5 heteroatoms. The molecule has 0 fully saturated rings. The van der Waals surface area contributed by atoms with Gasteiger partial charge in [0.2, 0.25) is 0 Å². The lowest BCUT2D eigenvalue weighted by Gasteiger charge is -2.08. The number of fused-ring (bicyclic) bond motifs is 3. The van der Waals surface area contributed by atoms with E-state index in [0.717, 1.165) is 17.6 Å². The zero-order valence-electron chi connectivity index (χ0n) is 13.2. The predicted molar refractivity (Wildman–Crippen MR) is 87.8 cm³/mol. The standard InChI is InChI=1S/C14H15N3.C3H6O2/c1-10(2)8-17-9-16-13-7-15-12-6-4-3-5-11(12)14(13)17;1-2-3(4)5/h3-7,9-10H,8H2,1-2H3;2H2,1H3,(H,4,5). The molecule has 0 unspecified atom stereocenters. The smallest absolute Gasteiger partial charge is 0.303 e. The molecule has 3 rings (SSSR count). The van der Waals surface area contributed by atoms with E-state index >= 15 is 0 Å². The van der Waals surface area contributed by atoms with Crippen LogP contribution < -0.4 is 0 Å². The lowest BCUT2D eigenvalue weighted by Crippen LogP contribution is -2.03. The number of carboxylic acids is 1. The summed E-state index contributed by atoms with van der Waals surface area (Å²) in [5.74, 6) is -0.135. The van der Waals surface area contributed by atoms with E-state index in [9.17, 15) is 4.79 Å². The van der Waals surface area contributed by atoms with Gasteiger partial charge in [-0.1, -0.05) is 39.0 Å². The van der Waals surface area contributed by atoms with E-state index in [1.807, 2.05) is 24.7 Å². The Morgan fingerprint density at radius 2 is 1.91 bits per heavy atom. The molecule has 1 aromatic carbocycles. The Morgan fingerprint density at radius 3 is 2.55 bits per heavy atom. The maximum Gasteiger partial charge on any atom is 0.303 e. The lowest BCUT2D eigenvalue weighted by atomic mass is 10.2. The second kappa shape index (κ2) is 7.02. The Morgan fingerprint density at radius 1 is 1.23 bits per heavy atom. The van der Waals surface area contributed by atoms with Crippen LogP contribution in [0.3, 0.4) is 0 Å². The first kappa shape index (κ1) is 15.9. The fraction of sp³-hybridized carbons (Fsp3) is 0.353. The first-order valence-electron chi connectivity index (χ1n) is 7.43. The Bertz CT molecular complexity index is 778. The third-order valence-corrected chi connectivity index (χ3v) is 3.22. The number of hydrogen-bond acceptors (Lipinski definition) is 3. The molecule has 0 aliphatic carbocycles. The molecule has 0 saturated carbocycles. The summed E-state index contributed by atoms with van der Waals surface area (Å²) in [6.07, 6.45) is 3.99. The predicted octanol–water partition coefficient (Wildman–Crippen LogP) is 3.72. The van der Waals surface area contributed by atoms with Gasteiger partial charge in [0.05, 0.1) is 23.6 Å². The minimum absolute atomic E-state index is 0.222. The van der Waals surface area contributed by atoms with Crippen molar-refractivity contribution in [2.45, 2.75) is 33.7 Å². The van der Waals surface area contributed by atoms with Crippen LogP contribution in [0.4, 0.5) is 0 Å². The summed E-state index contributed by atoms with van der Waals surface area (Å²) in [7, 11) is 0. The highest BCUT2D eigenvalue weighted by atomic mass is 16.4. The normalized spacial score (nSPS) is 10.7. The first-order chi connectivity index (χ1) is 10.5. The van der Waals surface area contributed by atoms with Crippen molar-refractivity contribution in [1.29, 1.82) is 0 Å². The van der Waals surface area contributed by atoms with E-state index in [1.54, 1.807) is 6.92 Å². The summed E-state index contributed by atoms with van der Waals surface area (Å²) < 4.78 is 2.23. The number of aromatic nitrogens is 3. The van der Waals surface area contributed by atoms with Crippen LogP contribution in [0.2, 0.25) is 0 Å². The Kier molecular flexibility index (Phi) is 5.09. The third kappa shape index (κ3) is 3.61. The fourth-order valence-electron chi connectivity index (χ4n) is 2.23. The highest BCUT2D eigenvalue weighted by Gasteiger charge is 2.08. The van der Waals surface area contributed by atoms with Crippen molar-refractivity contribution < 1.29 is 9.90 Å². The van der Waals surface area contributed by atoms with Gasteiger partial charge in [-0.25, -0.2) is 4.98 Å². The van der Waals surface area contributed by atoms with Crippen LogP contribution in [0.25, 0.3) is 21.9 Å². The highest BCUT2D eigenvalue weighted by molar-refractivity contribution is 6.01. The van der Waals surface area contributed by atoms with Gasteiger partial charge in [0.15, 0.2) is 0 Å². The molecular formula is C17H21N3O2. The van der Waals surface area contributed by atoms with E-state index in [2.05, 4.69) is 40.5 Å². The molecule has 0 saturated heterocycles. The molecule has 0 amide bonds. The van der Waals surface area contributed by atoms with E-state index in [1.165, 1.54) is 10.9 Å². The van der Waals surface area contributed by atoms with Crippen molar-refractivity contribution in [2.24, 2.45) is 5.92 Å². The molecule has 1 N–H and O–H groups in total.